The third-order valence-corrected chi connectivity index (χ3v) is 5.55. The average Bonchev–Trinajstić information content (AvgIpc) is 3.04. The molecule has 0 radical (unpaired) electrons. The smallest absolute Gasteiger partial charge is 0.414 e. The monoisotopic (exact) mass is 407 g/mol. The fraction of sp³-hybridized carbons (Fsp3) is 0.609. The molecule has 6 heteroatoms. The molecule has 29 heavy (non-hydrogen) atoms. The first-order valence-corrected chi connectivity index (χ1v) is 10.4. The molecule has 1 heterocycles. The van der Waals surface area contributed by atoms with Gasteiger partial charge in [-0.2, -0.15) is 0 Å². The molecule has 3 rings (SSSR count). The van der Waals surface area contributed by atoms with E-state index in [-0.39, 0.29) is 18.6 Å². The van der Waals surface area contributed by atoms with Crippen LogP contribution in [0.15, 0.2) is 30.9 Å². The van der Waals surface area contributed by atoms with E-state index in [0.29, 0.717) is 32.2 Å². The molecule has 4 nitrogen and oxygen atoms in total. The first-order chi connectivity index (χ1) is 13.6. The van der Waals surface area contributed by atoms with Crippen LogP contribution in [0, 0.1) is 5.92 Å². The largest absolute Gasteiger partial charge is 0.490 e. The Labute approximate surface area is 171 Å². The van der Waals surface area contributed by atoms with Gasteiger partial charge >= 0.3 is 6.09 Å². The van der Waals surface area contributed by atoms with Gasteiger partial charge in [0, 0.05) is 18.9 Å². The highest BCUT2D eigenvalue weighted by molar-refractivity contribution is 5.90. The van der Waals surface area contributed by atoms with Crippen LogP contribution in [-0.2, 0) is 11.2 Å². The maximum Gasteiger partial charge on any atom is 0.414 e. The highest BCUT2D eigenvalue weighted by Gasteiger charge is 2.40. The van der Waals surface area contributed by atoms with Crippen LogP contribution >= 0.6 is 0 Å². The van der Waals surface area contributed by atoms with Crippen LogP contribution in [0.2, 0.25) is 0 Å². The van der Waals surface area contributed by atoms with E-state index < -0.39 is 17.4 Å². The molecular formula is C23H31F2NO3. The molecular weight excluding hydrogens is 376 g/mol. The second-order valence-corrected chi connectivity index (χ2v) is 9.02. The quantitative estimate of drug-likeness (QED) is 0.551. The Balaban J connectivity index is 1.58. The molecule has 1 fully saturated rings. The number of carbonyl (C=O) groups is 1. The summed E-state index contributed by atoms with van der Waals surface area (Å²) in [6.07, 6.45) is 3.56. The Morgan fingerprint density at radius 2 is 1.93 bits per heavy atom. The van der Waals surface area contributed by atoms with E-state index in [1.54, 1.807) is 4.90 Å². The van der Waals surface area contributed by atoms with Crippen molar-refractivity contribution in [2.45, 2.75) is 76.9 Å². The van der Waals surface area contributed by atoms with Gasteiger partial charge in [0.15, 0.2) is 0 Å². The summed E-state index contributed by atoms with van der Waals surface area (Å²) in [7, 11) is 0. The minimum absolute atomic E-state index is 0.0489. The Morgan fingerprint density at radius 3 is 2.55 bits per heavy atom. The molecule has 1 aromatic rings. The highest BCUT2D eigenvalue weighted by atomic mass is 19.3. The van der Waals surface area contributed by atoms with Crippen LogP contribution in [0.4, 0.5) is 19.3 Å². The maximum absolute atomic E-state index is 14.1. The average molecular weight is 408 g/mol. The van der Waals surface area contributed by atoms with Gasteiger partial charge in [0.1, 0.15) is 11.4 Å². The van der Waals surface area contributed by atoms with Crippen molar-refractivity contribution >= 4 is 11.8 Å². The van der Waals surface area contributed by atoms with E-state index in [9.17, 15) is 13.6 Å². The van der Waals surface area contributed by atoms with Crippen molar-refractivity contribution in [3.8, 4) is 5.75 Å². The van der Waals surface area contributed by atoms with E-state index in [2.05, 4.69) is 6.58 Å². The number of fused-ring (bicyclic) bond motifs is 1. The van der Waals surface area contributed by atoms with Crippen LogP contribution in [0.25, 0.3) is 0 Å². The molecule has 0 saturated heterocycles. The molecule has 0 bridgehead atoms. The zero-order chi connectivity index (χ0) is 21.2. The highest BCUT2D eigenvalue weighted by Crippen LogP contribution is 2.40. The van der Waals surface area contributed by atoms with E-state index >= 15 is 0 Å². The lowest BCUT2D eigenvalue weighted by Gasteiger charge is -2.33. The first kappa shape index (κ1) is 21.6. The fourth-order valence-electron chi connectivity index (χ4n) is 4.11. The van der Waals surface area contributed by atoms with Gasteiger partial charge in [-0.05, 0) is 76.6 Å². The number of benzene rings is 1. The summed E-state index contributed by atoms with van der Waals surface area (Å²) < 4.78 is 39.7. The SMILES string of the molecule is C=CCC(F)(F)C1CCC(Oc2ccc3c(c2)CCN3C(=O)OC(C)(C)C)CC1. The Kier molecular flexibility index (Phi) is 6.20. The number of halogens is 2. The number of allylic oxidation sites excluding steroid dienone is 1. The van der Waals surface area contributed by atoms with Crippen LogP contribution in [0.1, 0.15) is 58.4 Å². The number of alkyl halides is 2. The summed E-state index contributed by atoms with van der Waals surface area (Å²) in [5, 5.41) is 0. The van der Waals surface area contributed by atoms with E-state index in [0.717, 1.165) is 23.4 Å². The fourth-order valence-corrected chi connectivity index (χ4v) is 4.11. The van der Waals surface area contributed by atoms with Gasteiger partial charge < -0.3 is 9.47 Å². The minimum atomic E-state index is -2.68. The molecule has 2 aliphatic rings. The summed E-state index contributed by atoms with van der Waals surface area (Å²) in [4.78, 5) is 14.0. The topological polar surface area (TPSA) is 38.8 Å². The Morgan fingerprint density at radius 1 is 1.24 bits per heavy atom. The molecule has 1 saturated carbocycles. The van der Waals surface area contributed by atoms with Crippen LogP contribution < -0.4 is 9.64 Å². The number of anilines is 1. The van der Waals surface area contributed by atoms with Crippen molar-refractivity contribution < 1.29 is 23.0 Å². The summed E-state index contributed by atoms with van der Waals surface area (Å²) >= 11 is 0. The number of hydrogen-bond acceptors (Lipinski definition) is 3. The zero-order valence-electron chi connectivity index (χ0n) is 17.5. The van der Waals surface area contributed by atoms with Gasteiger partial charge in [0.25, 0.3) is 5.92 Å². The molecule has 0 atom stereocenters. The number of nitrogens with zero attached hydrogens (tertiary/aromatic N) is 1. The maximum atomic E-state index is 14.1. The second kappa shape index (κ2) is 8.33. The Hall–Kier alpha value is -2.11. The lowest BCUT2D eigenvalue weighted by atomic mass is 9.82. The normalized spacial score (nSPS) is 22.2. The predicted molar refractivity (Wildman–Crippen MR) is 110 cm³/mol. The summed E-state index contributed by atoms with van der Waals surface area (Å²) in [5.41, 5.74) is 1.35. The molecule has 0 aromatic heterocycles. The summed E-state index contributed by atoms with van der Waals surface area (Å²) in [6.45, 7) is 9.56. The minimum Gasteiger partial charge on any atom is -0.490 e. The van der Waals surface area contributed by atoms with Crippen LogP contribution in [-0.4, -0.2) is 30.3 Å². The summed E-state index contributed by atoms with van der Waals surface area (Å²) in [6, 6.07) is 5.68. The summed E-state index contributed by atoms with van der Waals surface area (Å²) in [5.74, 6) is -2.54. The van der Waals surface area contributed by atoms with Crippen molar-refractivity contribution in [2.24, 2.45) is 5.92 Å². The predicted octanol–water partition coefficient (Wildman–Crippen LogP) is 6.13. The standard InChI is InChI=1S/C23H31F2NO3/c1-5-13-23(24,25)17-6-8-18(9-7-17)28-19-10-11-20-16(15-19)12-14-26(20)21(27)29-22(2,3)4/h5,10-11,15,17-18H,1,6-9,12-14H2,2-4H3. The van der Waals surface area contributed by atoms with Crippen molar-refractivity contribution in [1.82, 2.24) is 0 Å². The van der Waals surface area contributed by atoms with E-state index in [4.69, 9.17) is 9.47 Å². The van der Waals surface area contributed by atoms with Crippen LogP contribution in [0.5, 0.6) is 5.75 Å². The third kappa shape index (κ3) is 5.28. The molecule has 0 N–H and O–H groups in total. The number of hydrogen-bond donors (Lipinski definition) is 0. The third-order valence-electron chi connectivity index (χ3n) is 5.55. The van der Waals surface area contributed by atoms with E-state index in [1.807, 2.05) is 39.0 Å². The van der Waals surface area contributed by atoms with E-state index in [1.165, 1.54) is 6.08 Å². The lowest BCUT2D eigenvalue weighted by Crippen LogP contribution is -2.35. The van der Waals surface area contributed by atoms with Gasteiger partial charge in [0.2, 0.25) is 0 Å². The number of carbonyl (C=O) groups excluding carboxylic acids is 1. The molecule has 0 spiro atoms. The Bertz CT molecular complexity index is 749. The number of rotatable bonds is 5. The van der Waals surface area contributed by atoms with Crippen molar-refractivity contribution in [1.29, 1.82) is 0 Å². The molecule has 1 aliphatic heterocycles. The molecule has 1 aromatic carbocycles. The molecule has 1 amide bonds. The second-order valence-electron chi connectivity index (χ2n) is 9.02. The number of amides is 1. The zero-order valence-corrected chi connectivity index (χ0v) is 17.5. The lowest BCUT2D eigenvalue weighted by molar-refractivity contribution is -0.0765. The van der Waals surface area contributed by atoms with Crippen molar-refractivity contribution in [3.05, 3.63) is 36.4 Å². The number of ether oxygens (including phenoxy) is 2. The van der Waals surface area contributed by atoms with Gasteiger partial charge in [-0.3, -0.25) is 4.90 Å². The molecule has 1 aliphatic carbocycles. The molecule has 0 unspecified atom stereocenters. The van der Waals surface area contributed by atoms with Gasteiger partial charge in [-0.25, -0.2) is 13.6 Å². The molecule has 160 valence electrons. The first-order valence-electron chi connectivity index (χ1n) is 10.4. The van der Waals surface area contributed by atoms with Crippen molar-refractivity contribution in [2.75, 3.05) is 11.4 Å². The van der Waals surface area contributed by atoms with Crippen molar-refractivity contribution in [3.63, 3.8) is 0 Å². The van der Waals surface area contributed by atoms with Gasteiger partial charge in [0.05, 0.1) is 11.8 Å². The van der Waals surface area contributed by atoms with Gasteiger partial charge in [-0.1, -0.05) is 6.08 Å². The van der Waals surface area contributed by atoms with Gasteiger partial charge in [-0.15, -0.1) is 6.58 Å². The van der Waals surface area contributed by atoms with Crippen LogP contribution in [0.3, 0.4) is 0 Å².